The number of hydrogen-bond acceptors (Lipinski definition) is 4. The van der Waals surface area contributed by atoms with E-state index in [4.69, 9.17) is 16.3 Å². The molecule has 1 aliphatic rings. The van der Waals surface area contributed by atoms with E-state index in [1.165, 1.54) is 4.90 Å². The maximum absolute atomic E-state index is 13.4. The third kappa shape index (κ3) is 4.76. The molecule has 0 bridgehead atoms. The number of nitrogens with zero attached hydrogens (tertiary/aromatic N) is 1. The topological polar surface area (TPSA) is 66.8 Å². The van der Waals surface area contributed by atoms with Crippen molar-refractivity contribution < 1.29 is 19.4 Å². The third-order valence-corrected chi connectivity index (χ3v) is 6.80. The van der Waals surface area contributed by atoms with Gasteiger partial charge in [-0.2, -0.15) is 0 Å². The van der Waals surface area contributed by atoms with Gasteiger partial charge in [0.15, 0.2) is 0 Å². The fraction of sp³-hybridized carbons (Fsp3) is 0.267. The second-order valence-corrected chi connectivity index (χ2v) is 10.3. The number of halogens is 1. The molecule has 1 heterocycles. The molecular weight excluding hydrogens is 474 g/mol. The van der Waals surface area contributed by atoms with Crippen LogP contribution in [0.15, 0.2) is 72.3 Å². The number of rotatable bonds is 5. The van der Waals surface area contributed by atoms with E-state index in [9.17, 15) is 14.7 Å². The Bertz CT molecular complexity index is 1350. The summed E-state index contributed by atoms with van der Waals surface area (Å²) in [5.74, 6) is -1.16. The summed E-state index contributed by atoms with van der Waals surface area (Å²) in [6.45, 7) is 10.6. The van der Waals surface area contributed by atoms with Crippen LogP contribution >= 0.6 is 11.6 Å². The molecule has 0 spiro atoms. The van der Waals surface area contributed by atoms with E-state index < -0.39 is 17.7 Å². The summed E-state index contributed by atoms with van der Waals surface area (Å²) in [7, 11) is 0. The number of benzene rings is 3. The van der Waals surface area contributed by atoms with Crippen LogP contribution in [0.3, 0.4) is 0 Å². The molecule has 0 saturated carbocycles. The summed E-state index contributed by atoms with van der Waals surface area (Å²) in [4.78, 5) is 28.2. The number of ether oxygens (including phenoxy) is 1. The summed E-state index contributed by atoms with van der Waals surface area (Å²) in [5, 5.41) is 11.9. The molecule has 1 unspecified atom stereocenters. The first-order chi connectivity index (χ1) is 17.0. The van der Waals surface area contributed by atoms with Crippen molar-refractivity contribution in [3.63, 3.8) is 0 Å². The largest absolute Gasteiger partial charge is 0.507 e. The van der Waals surface area contributed by atoms with Gasteiger partial charge in [-0.05, 0) is 60.2 Å². The predicted molar refractivity (Wildman–Crippen MR) is 144 cm³/mol. The van der Waals surface area contributed by atoms with E-state index in [1.807, 2.05) is 44.2 Å². The van der Waals surface area contributed by atoms with Gasteiger partial charge in [-0.3, -0.25) is 14.5 Å². The second kappa shape index (κ2) is 9.82. The van der Waals surface area contributed by atoms with Crippen molar-refractivity contribution in [2.45, 2.75) is 46.1 Å². The molecule has 0 radical (unpaired) electrons. The molecule has 186 valence electrons. The Hall–Kier alpha value is -3.57. The van der Waals surface area contributed by atoms with Crippen molar-refractivity contribution in [1.29, 1.82) is 0 Å². The zero-order valence-electron chi connectivity index (χ0n) is 21.1. The van der Waals surface area contributed by atoms with Crippen molar-refractivity contribution in [2.75, 3.05) is 11.5 Å². The van der Waals surface area contributed by atoms with Crippen LogP contribution in [-0.2, 0) is 15.0 Å². The maximum atomic E-state index is 13.4. The lowest BCUT2D eigenvalue weighted by Gasteiger charge is -2.27. The van der Waals surface area contributed by atoms with Crippen LogP contribution in [0.1, 0.15) is 56.0 Å². The van der Waals surface area contributed by atoms with E-state index in [-0.39, 0.29) is 16.7 Å². The zero-order valence-corrected chi connectivity index (χ0v) is 21.9. The fourth-order valence-corrected chi connectivity index (χ4v) is 4.54. The lowest BCUT2D eigenvalue weighted by Crippen LogP contribution is -2.29. The van der Waals surface area contributed by atoms with Crippen LogP contribution < -0.4 is 9.64 Å². The molecule has 1 amide bonds. The first kappa shape index (κ1) is 25.5. The summed E-state index contributed by atoms with van der Waals surface area (Å²) in [6, 6.07) is 19.1. The molecular formula is C30H30ClNO4. The lowest BCUT2D eigenvalue weighted by molar-refractivity contribution is -0.132. The van der Waals surface area contributed by atoms with Crippen molar-refractivity contribution in [3.05, 3.63) is 99.6 Å². The minimum absolute atomic E-state index is 0.0221. The van der Waals surface area contributed by atoms with Gasteiger partial charge in [-0.25, -0.2) is 0 Å². The van der Waals surface area contributed by atoms with E-state index in [0.717, 1.165) is 11.1 Å². The van der Waals surface area contributed by atoms with Gasteiger partial charge in [0.1, 0.15) is 11.5 Å². The highest BCUT2D eigenvalue weighted by Crippen LogP contribution is 2.43. The first-order valence-electron chi connectivity index (χ1n) is 11.9. The quantitative estimate of drug-likeness (QED) is 0.232. The number of carbonyl (C=O) groups is 2. The van der Waals surface area contributed by atoms with Crippen LogP contribution in [-0.4, -0.2) is 23.4 Å². The number of carbonyl (C=O) groups excluding carboxylic acids is 2. The summed E-state index contributed by atoms with van der Waals surface area (Å²) in [6.07, 6.45) is 0. The SMILES string of the molecule is CCOc1cccc(/C(O)=C2\C(=O)C(=O)N(c3ccc(C)c(Cl)c3)C2c2ccc(C(C)(C)C)cc2)c1. The minimum atomic E-state index is -0.825. The van der Waals surface area contributed by atoms with Crippen molar-refractivity contribution in [1.82, 2.24) is 0 Å². The molecule has 3 aromatic carbocycles. The van der Waals surface area contributed by atoms with Gasteiger partial charge < -0.3 is 9.84 Å². The number of aryl methyl sites for hydroxylation is 1. The number of ketones is 1. The van der Waals surface area contributed by atoms with Crippen LogP contribution in [0.4, 0.5) is 5.69 Å². The highest BCUT2D eigenvalue weighted by Gasteiger charge is 2.47. The molecule has 0 aromatic heterocycles. The Balaban J connectivity index is 1.93. The molecule has 6 heteroatoms. The fourth-order valence-electron chi connectivity index (χ4n) is 4.37. The normalized spacial score (nSPS) is 17.5. The number of aliphatic hydroxyl groups excluding tert-OH is 1. The third-order valence-electron chi connectivity index (χ3n) is 6.39. The van der Waals surface area contributed by atoms with E-state index in [2.05, 4.69) is 20.8 Å². The zero-order chi connectivity index (χ0) is 26.2. The predicted octanol–water partition coefficient (Wildman–Crippen LogP) is 6.97. The first-order valence-corrected chi connectivity index (χ1v) is 12.3. The number of aliphatic hydroxyl groups is 1. The van der Waals surface area contributed by atoms with Crippen LogP contribution in [0, 0.1) is 6.92 Å². The molecule has 1 N–H and O–H groups in total. The molecule has 1 fully saturated rings. The van der Waals surface area contributed by atoms with Crippen LogP contribution in [0.5, 0.6) is 5.75 Å². The van der Waals surface area contributed by atoms with Crippen LogP contribution in [0.25, 0.3) is 5.76 Å². The Morgan fingerprint density at radius 2 is 1.72 bits per heavy atom. The minimum Gasteiger partial charge on any atom is -0.507 e. The van der Waals surface area contributed by atoms with Gasteiger partial charge in [0, 0.05) is 16.3 Å². The van der Waals surface area contributed by atoms with Gasteiger partial charge in [0.2, 0.25) is 0 Å². The number of anilines is 1. The average Bonchev–Trinajstić information content (AvgIpc) is 3.11. The Labute approximate surface area is 217 Å². The van der Waals surface area contributed by atoms with Gasteiger partial charge in [-0.15, -0.1) is 0 Å². The maximum Gasteiger partial charge on any atom is 0.300 e. The second-order valence-electron chi connectivity index (χ2n) is 9.94. The molecule has 3 aromatic rings. The van der Waals surface area contributed by atoms with Gasteiger partial charge >= 0.3 is 0 Å². The highest BCUT2D eigenvalue weighted by atomic mass is 35.5. The molecule has 4 rings (SSSR count). The van der Waals surface area contributed by atoms with E-state index >= 15 is 0 Å². The molecule has 5 nitrogen and oxygen atoms in total. The van der Waals surface area contributed by atoms with Crippen molar-refractivity contribution in [3.8, 4) is 5.75 Å². The van der Waals surface area contributed by atoms with Gasteiger partial charge in [0.25, 0.3) is 11.7 Å². The molecule has 36 heavy (non-hydrogen) atoms. The van der Waals surface area contributed by atoms with E-state index in [0.29, 0.717) is 34.2 Å². The van der Waals surface area contributed by atoms with Crippen molar-refractivity contribution in [2.24, 2.45) is 0 Å². The van der Waals surface area contributed by atoms with Crippen LogP contribution in [0.2, 0.25) is 5.02 Å². The number of amides is 1. The summed E-state index contributed by atoms with van der Waals surface area (Å²) >= 11 is 6.38. The molecule has 1 saturated heterocycles. The molecule has 1 atom stereocenters. The highest BCUT2D eigenvalue weighted by molar-refractivity contribution is 6.51. The smallest absolute Gasteiger partial charge is 0.300 e. The number of hydrogen-bond donors (Lipinski definition) is 1. The average molecular weight is 504 g/mol. The Kier molecular flexibility index (Phi) is 6.96. The molecule has 1 aliphatic heterocycles. The summed E-state index contributed by atoms with van der Waals surface area (Å²) in [5.41, 5.74) is 3.53. The lowest BCUT2D eigenvalue weighted by atomic mass is 9.85. The monoisotopic (exact) mass is 503 g/mol. The van der Waals surface area contributed by atoms with Crippen molar-refractivity contribution >= 4 is 34.7 Å². The molecule has 0 aliphatic carbocycles. The number of Topliss-reactive ketones (excluding diaryl/α,β-unsaturated/α-hetero) is 1. The van der Waals surface area contributed by atoms with Gasteiger partial charge in [0.05, 0.1) is 18.2 Å². The Morgan fingerprint density at radius 1 is 1.03 bits per heavy atom. The summed E-state index contributed by atoms with van der Waals surface area (Å²) < 4.78 is 5.57. The van der Waals surface area contributed by atoms with Gasteiger partial charge in [-0.1, -0.05) is 74.8 Å². The van der Waals surface area contributed by atoms with E-state index in [1.54, 1.807) is 36.4 Å². The Morgan fingerprint density at radius 3 is 2.33 bits per heavy atom. The standard InChI is InChI=1S/C30H30ClNO4/c1-6-36-23-9-7-8-20(16-23)27(33)25-26(19-11-13-21(14-12-19)30(3,4)5)32(29(35)28(25)34)22-15-10-18(2)24(31)17-22/h7-17,26,33H,6H2,1-5H3/b27-25+.